The van der Waals surface area contributed by atoms with E-state index in [1.807, 2.05) is 0 Å². The molecule has 5 N–H and O–H groups in total. The number of carbonyl (C=O) groups excluding carboxylic acids is 1. The normalized spacial score (nSPS) is 10.1. The van der Waals surface area contributed by atoms with Gasteiger partial charge in [-0.15, -0.1) is 0 Å². The van der Waals surface area contributed by atoms with Gasteiger partial charge in [-0.05, 0) is 57.4 Å². The second kappa shape index (κ2) is 8.51. The molecular weight excluding hydrogens is 368 g/mol. The average Bonchev–Trinajstić information content (AvgIpc) is 2.63. The molecule has 0 aliphatic carbocycles. The summed E-state index contributed by atoms with van der Waals surface area (Å²) in [7, 11) is 1.24. The molecule has 0 radical (unpaired) electrons. The summed E-state index contributed by atoms with van der Waals surface area (Å²) in [6.45, 7) is 7.78. The molecule has 8 heteroatoms. The van der Waals surface area contributed by atoms with Gasteiger partial charge in [0, 0.05) is 11.1 Å². The van der Waals surface area contributed by atoms with Gasteiger partial charge in [0.25, 0.3) is 0 Å². The van der Waals surface area contributed by atoms with Crippen molar-refractivity contribution < 1.29 is 39.9 Å². The van der Waals surface area contributed by atoms with Gasteiger partial charge in [0.05, 0.1) is 7.11 Å². The van der Waals surface area contributed by atoms with Crippen molar-refractivity contribution in [2.45, 2.75) is 34.6 Å². The molecule has 2 rings (SSSR count). The number of hydrogen-bond donors (Lipinski definition) is 5. The molecule has 0 unspecified atom stereocenters. The molecule has 0 amide bonds. The molecule has 0 aliphatic heterocycles. The highest BCUT2D eigenvalue weighted by Gasteiger charge is 2.21. The Morgan fingerprint density at radius 2 is 1.25 bits per heavy atom. The van der Waals surface area contributed by atoms with Crippen molar-refractivity contribution in [2.75, 3.05) is 7.11 Å². The van der Waals surface area contributed by atoms with Crippen LogP contribution >= 0.6 is 0 Å². The summed E-state index contributed by atoms with van der Waals surface area (Å²) in [4.78, 5) is 22.1. The van der Waals surface area contributed by atoms with Gasteiger partial charge in [0.1, 0.15) is 34.1 Å². The zero-order chi connectivity index (χ0) is 21.9. The predicted molar refractivity (Wildman–Crippen MR) is 102 cm³/mol. The Bertz CT molecular complexity index is 915. The van der Waals surface area contributed by atoms with Crippen LogP contribution in [0.5, 0.6) is 23.0 Å². The first-order chi connectivity index (χ1) is 12.9. The first kappa shape index (κ1) is 22.6. The molecule has 0 atom stereocenters. The van der Waals surface area contributed by atoms with Gasteiger partial charge in [-0.25, -0.2) is 9.59 Å². The minimum Gasteiger partial charge on any atom is -0.508 e. The Balaban J connectivity index is 0.000000280. The number of benzene rings is 2. The number of aryl methyl sites for hydroxylation is 1. The molecule has 0 saturated carbocycles. The molecule has 0 saturated heterocycles. The highest BCUT2D eigenvalue weighted by molar-refractivity contribution is 5.95. The van der Waals surface area contributed by atoms with E-state index in [0.717, 1.165) is 0 Å². The summed E-state index contributed by atoms with van der Waals surface area (Å²) >= 11 is 0. The lowest BCUT2D eigenvalue weighted by Crippen LogP contribution is -2.05. The van der Waals surface area contributed by atoms with Crippen LogP contribution in [-0.2, 0) is 4.74 Å². The standard InChI is InChI=1S/2C10H12O4/c1-5-4-7(11)6(2)9(12)8(5)10(13)14-3;1-4-5(2)8(11)6(3)9(12)7(4)10(13)14/h4,11-12H,1-3H3;11-12H,1-3H3,(H,13,14). The van der Waals surface area contributed by atoms with Crippen molar-refractivity contribution in [1.82, 2.24) is 0 Å². The fourth-order valence-electron chi connectivity index (χ4n) is 2.63. The number of carbonyl (C=O) groups is 2. The van der Waals surface area contributed by atoms with Gasteiger partial charge in [-0.3, -0.25) is 0 Å². The molecule has 0 aliphatic rings. The number of aromatic hydroxyl groups is 4. The van der Waals surface area contributed by atoms with Crippen molar-refractivity contribution in [3.05, 3.63) is 45.0 Å². The van der Waals surface area contributed by atoms with Crippen molar-refractivity contribution in [3.8, 4) is 23.0 Å². The maximum atomic E-state index is 11.3. The van der Waals surface area contributed by atoms with Crippen LogP contribution in [0.15, 0.2) is 6.07 Å². The minimum absolute atomic E-state index is 0.0346. The fourth-order valence-corrected chi connectivity index (χ4v) is 2.63. The third kappa shape index (κ3) is 4.11. The maximum Gasteiger partial charge on any atom is 0.341 e. The molecule has 2 aromatic carbocycles. The van der Waals surface area contributed by atoms with Crippen LogP contribution < -0.4 is 0 Å². The average molecular weight is 392 g/mol. The second-order valence-electron chi connectivity index (χ2n) is 6.31. The summed E-state index contributed by atoms with van der Waals surface area (Å²) in [5, 5.41) is 46.8. The van der Waals surface area contributed by atoms with Crippen LogP contribution in [-0.4, -0.2) is 44.6 Å². The lowest BCUT2D eigenvalue weighted by molar-refractivity contribution is 0.0595. The molecule has 0 spiro atoms. The maximum absolute atomic E-state index is 11.3. The summed E-state index contributed by atoms with van der Waals surface area (Å²) < 4.78 is 4.51. The third-order valence-electron chi connectivity index (χ3n) is 4.57. The molecule has 0 bridgehead atoms. The van der Waals surface area contributed by atoms with E-state index in [-0.39, 0.29) is 45.3 Å². The van der Waals surface area contributed by atoms with Crippen LogP contribution in [0.1, 0.15) is 48.5 Å². The van der Waals surface area contributed by atoms with Gasteiger partial charge in [-0.2, -0.15) is 0 Å². The number of esters is 1. The lowest BCUT2D eigenvalue weighted by Gasteiger charge is -2.12. The van der Waals surface area contributed by atoms with Gasteiger partial charge >= 0.3 is 11.9 Å². The number of ether oxygens (including phenoxy) is 1. The van der Waals surface area contributed by atoms with E-state index in [1.165, 1.54) is 27.0 Å². The summed E-state index contributed by atoms with van der Waals surface area (Å²) in [5.41, 5.74) is 1.79. The topological polar surface area (TPSA) is 145 Å². The van der Waals surface area contributed by atoms with Crippen LogP contribution in [0.25, 0.3) is 0 Å². The van der Waals surface area contributed by atoms with Crippen molar-refractivity contribution in [2.24, 2.45) is 0 Å². The molecular formula is C20H24O8. The first-order valence-corrected chi connectivity index (χ1v) is 8.22. The highest BCUT2D eigenvalue weighted by atomic mass is 16.5. The molecule has 28 heavy (non-hydrogen) atoms. The zero-order valence-corrected chi connectivity index (χ0v) is 16.5. The lowest BCUT2D eigenvalue weighted by atomic mass is 9.97. The molecule has 152 valence electrons. The SMILES string of the molecule is COC(=O)c1c(C)cc(O)c(C)c1O.Cc1c(C)c(C(=O)O)c(O)c(C)c1O. The predicted octanol–water partition coefficient (Wildman–Crippen LogP) is 3.22. The monoisotopic (exact) mass is 392 g/mol. The van der Waals surface area contributed by atoms with E-state index in [4.69, 9.17) is 5.11 Å². The largest absolute Gasteiger partial charge is 0.508 e. The number of phenolic OH excluding ortho intramolecular Hbond substituents is 3. The van der Waals surface area contributed by atoms with Crippen molar-refractivity contribution in [3.63, 3.8) is 0 Å². The minimum atomic E-state index is -1.19. The van der Waals surface area contributed by atoms with Gasteiger partial charge in [0.15, 0.2) is 0 Å². The molecule has 2 aromatic rings. The summed E-state index contributed by atoms with van der Waals surface area (Å²) in [6, 6.07) is 1.42. The van der Waals surface area contributed by atoms with Gasteiger partial charge < -0.3 is 30.3 Å². The Morgan fingerprint density at radius 1 is 0.750 bits per heavy atom. The third-order valence-corrected chi connectivity index (χ3v) is 4.57. The van der Waals surface area contributed by atoms with Crippen molar-refractivity contribution in [1.29, 1.82) is 0 Å². The summed E-state index contributed by atoms with van der Waals surface area (Å²) in [6.07, 6.45) is 0. The van der Waals surface area contributed by atoms with E-state index in [9.17, 15) is 30.0 Å². The van der Waals surface area contributed by atoms with Crippen LogP contribution in [0.4, 0.5) is 0 Å². The molecule has 0 heterocycles. The van der Waals surface area contributed by atoms with Gasteiger partial charge in [0.2, 0.25) is 0 Å². The zero-order valence-electron chi connectivity index (χ0n) is 16.5. The Kier molecular flexibility index (Phi) is 6.88. The molecule has 8 nitrogen and oxygen atoms in total. The number of carboxylic acids is 1. The van der Waals surface area contributed by atoms with Gasteiger partial charge in [-0.1, -0.05) is 0 Å². The first-order valence-electron chi connectivity index (χ1n) is 8.22. The number of methoxy groups -OCH3 is 1. The number of carboxylic acid groups (broad SMARTS) is 1. The number of aromatic carboxylic acids is 1. The van der Waals surface area contributed by atoms with Crippen molar-refractivity contribution >= 4 is 11.9 Å². The number of hydrogen-bond acceptors (Lipinski definition) is 7. The molecule has 0 aromatic heterocycles. The van der Waals surface area contributed by atoms with Crippen LogP contribution in [0.3, 0.4) is 0 Å². The number of rotatable bonds is 2. The molecule has 0 fully saturated rings. The fraction of sp³-hybridized carbons (Fsp3) is 0.300. The highest BCUT2D eigenvalue weighted by Crippen LogP contribution is 2.36. The summed E-state index contributed by atoms with van der Waals surface area (Å²) in [5.74, 6) is -2.47. The second-order valence-corrected chi connectivity index (χ2v) is 6.31. The number of phenols is 4. The van der Waals surface area contributed by atoms with Crippen LogP contribution in [0.2, 0.25) is 0 Å². The Hall–Kier alpha value is -3.42. The van der Waals surface area contributed by atoms with E-state index in [1.54, 1.807) is 20.8 Å². The van der Waals surface area contributed by atoms with E-state index >= 15 is 0 Å². The smallest absolute Gasteiger partial charge is 0.341 e. The van der Waals surface area contributed by atoms with E-state index < -0.39 is 11.9 Å². The Labute approximate surface area is 162 Å². The van der Waals surface area contributed by atoms with Crippen LogP contribution in [0, 0.1) is 34.6 Å². The van der Waals surface area contributed by atoms with E-state index in [0.29, 0.717) is 16.7 Å². The Morgan fingerprint density at radius 3 is 1.71 bits per heavy atom. The van der Waals surface area contributed by atoms with E-state index in [2.05, 4.69) is 4.74 Å². The quantitative estimate of drug-likeness (QED) is 0.490.